The predicted octanol–water partition coefficient (Wildman–Crippen LogP) is 4.10. The van der Waals surface area contributed by atoms with Crippen LogP contribution in [0.4, 0.5) is 5.13 Å². The highest BCUT2D eigenvalue weighted by atomic mass is 32.1. The summed E-state index contributed by atoms with van der Waals surface area (Å²) in [5.74, 6) is -1.19. The maximum Gasteiger partial charge on any atom is 0.301 e. The minimum absolute atomic E-state index is 0.0358. The minimum atomic E-state index is -0.882. The van der Waals surface area contributed by atoms with Gasteiger partial charge in [0.1, 0.15) is 17.3 Å². The standard InChI is InChI=1S/C23H20N2O5S/c1-12-13(2)31-23(24-12)25-19(14-4-8-16(26)9-5-14)18(21(28)22(25)29)20(27)15-6-10-17(30-3)11-7-15/h4-11,19,26-27H,1-3H3/b20-18+/t19-/m0/s1. The van der Waals surface area contributed by atoms with E-state index >= 15 is 0 Å². The first-order valence-corrected chi connectivity index (χ1v) is 10.3. The van der Waals surface area contributed by atoms with Crippen LogP contribution >= 0.6 is 11.3 Å². The number of hydrogen-bond donors (Lipinski definition) is 2. The van der Waals surface area contributed by atoms with Crippen LogP contribution in [-0.4, -0.2) is 34.0 Å². The molecule has 0 bridgehead atoms. The van der Waals surface area contributed by atoms with Gasteiger partial charge >= 0.3 is 5.91 Å². The number of nitrogens with zero attached hydrogens (tertiary/aromatic N) is 2. The molecule has 7 nitrogen and oxygen atoms in total. The highest BCUT2D eigenvalue weighted by Crippen LogP contribution is 2.44. The van der Waals surface area contributed by atoms with Crippen LogP contribution in [0, 0.1) is 13.8 Å². The van der Waals surface area contributed by atoms with Gasteiger partial charge in [-0.2, -0.15) is 0 Å². The van der Waals surface area contributed by atoms with Gasteiger partial charge in [0, 0.05) is 10.4 Å². The number of amides is 1. The fourth-order valence-electron chi connectivity index (χ4n) is 3.47. The maximum atomic E-state index is 13.1. The van der Waals surface area contributed by atoms with E-state index in [2.05, 4.69) is 4.98 Å². The molecule has 1 saturated heterocycles. The topological polar surface area (TPSA) is 100.0 Å². The summed E-state index contributed by atoms with van der Waals surface area (Å²) in [4.78, 5) is 32.8. The molecule has 2 aromatic carbocycles. The Kier molecular flexibility index (Phi) is 5.24. The Labute approximate surface area is 182 Å². The molecule has 1 aliphatic heterocycles. The Hall–Kier alpha value is -3.65. The molecule has 0 spiro atoms. The Bertz CT molecular complexity index is 1180. The Balaban J connectivity index is 1.92. The monoisotopic (exact) mass is 436 g/mol. The molecule has 1 aliphatic rings. The number of aromatic nitrogens is 1. The third-order valence-electron chi connectivity index (χ3n) is 5.24. The van der Waals surface area contributed by atoms with Gasteiger partial charge in [-0.25, -0.2) is 4.98 Å². The molecule has 1 aromatic heterocycles. The number of methoxy groups -OCH3 is 1. The molecule has 4 rings (SSSR count). The molecule has 3 aromatic rings. The van der Waals surface area contributed by atoms with Crippen LogP contribution in [0.15, 0.2) is 54.1 Å². The number of carbonyl (C=O) groups is 2. The number of anilines is 1. The van der Waals surface area contributed by atoms with Crippen molar-refractivity contribution in [1.82, 2.24) is 4.98 Å². The zero-order valence-electron chi connectivity index (χ0n) is 17.1. The largest absolute Gasteiger partial charge is 0.508 e. The number of thiazole rings is 1. The number of aliphatic hydroxyl groups is 1. The lowest BCUT2D eigenvalue weighted by atomic mass is 9.95. The van der Waals surface area contributed by atoms with Crippen molar-refractivity contribution in [3.8, 4) is 11.5 Å². The lowest BCUT2D eigenvalue weighted by Gasteiger charge is -2.23. The van der Waals surface area contributed by atoms with E-state index in [1.807, 2.05) is 13.8 Å². The molecule has 2 heterocycles. The Morgan fingerprint density at radius 1 is 1.06 bits per heavy atom. The van der Waals surface area contributed by atoms with Crippen LogP contribution < -0.4 is 9.64 Å². The lowest BCUT2D eigenvalue weighted by Crippen LogP contribution is -2.29. The van der Waals surface area contributed by atoms with Crippen molar-refractivity contribution >= 4 is 33.9 Å². The number of Topliss-reactive ketones (excluding diaryl/α,β-unsaturated/α-hetero) is 1. The van der Waals surface area contributed by atoms with Crippen molar-refractivity contribution in [1.29, 1.82) is 0 Å². The van der Waals surface area contributed by atoms with Crippen LogP contribution in [0.5, 0.6) is 11.5 Å². The number of benzene rings is 2. The molecule has 0 radical (unpaired) electrons. The Morgan fingerprint density at radius 2 is 1.71 bits per heavy atom. The molecule has 8 heteroatoms. The number of rotatable bonds is 4. The van der Waals surface area contributed by atoms with Gasteiger partial charge in [-0.3, -0.25) is 14.5 Å². The summed E-state index contributed by atoms with van der Waals surface area (Å²) in [5.41, 5.74) is 1.68. The Morgan fingerprint density at radius 3 is 2.26 bits per heavy atom. The van der Waals surface area contributed by atoms with E-state index in [0.717, 1.165) is 10.6 Å². The van der Waals surface area contributed by atoms with Gasteiger partial charge in [-0.1, -0.05) is 12.1 Å². The van der Waals surface area contributed by atoms with Crippen LogP contribution in [0.3, 0.4) is 0 Å². The van der Waals surface area contributed by atoms with Crippen LogP contribution in [-0.2, 0) is 9.59 Å². The van der Waals surface area contributed by atoms with Gasteiger partial charge < -0.3 is 14.9 Å². The average Bonchev–Trinajstić information content (AvgIpc) is 3.23. The normalized spacial score (nSPS) is 17.9. The van der Waals surface area contributed by atoms with E-state index < -0.39 is 17.7 Å². The maximum absolute atomic E-state index is 13.1. The van der Waals surface area contributed by atoms with Gasteiger partial charge in [0.2, 0.25) is 0 Å². The second-order valence-electron chi connectivity index (χ2n) is 7.13. The van der Waals surface area contributed by atoms with Crippen molar-refractivity contribution in [3.05, 3.63) is 75.8 Å². The quantitative estimate of drug-likeness (QED) is 0.363. The molecular formula is C23H20N2O5S. The zero-order chi connectivity index (χ0) is 22.3. The second kappa shape index (κ2) is 7.88. The van der Waals surface area contributed by atoms with Crippen molar-refractivity contribution in [2.24, 2.45) is 0 Å². The van der Waals surface area contributed by atoms with Gasteiger partial charge in [0.15, 0.2) is 5.13 Å². The number of carbonyl (C=O) groups excluding carboxylic acids is 2. The summed E-state index contributed by atoms with van der Waals surface area (Å²) in [5, 5.41) is 21.1. The number of phenolic OH excluding ortho intramolecular Hbond substituents is 1. The number of ether oxygens (including phenoxy) is 1. The number of phenols is 1. The van der Waals surface area contributed by atoms with Gasteiger partial charge in [-0.05, 0) is 55.8 Å². The third kappa shape index (κ3) is 3.55. The number of hydrogen-bond acceptors (Lipinski definition) is 7. The third-order valence-corrected chi connectivity index (χ3v) is 6.31. The fourth-order valence-corrected chi connectivity index (χ4v) is 4.40. The van der Waals surface area contributed by atoms with Crippen LogP contribution in [0.2, 0.25) is 0 Å². The molecule has 1 amide bonds. The molecule has 1 fully saturated rings. The summed E-state index contributed by atoms with van der Waals surface area (Å²) < 4.78 is 5.15. The van der Waals surface area contributed by atoms with Crippen molar-refractivity contribution in [2.75, 3.05) is 12.0 Å². The van der Waals surface area contributed by atoms with E-state index in [1.165, 1.54) is 35.5 Å². The summed E-state index contributed by atoms with van der Waals surface area (Å²) in [6.45, 7) is 3.72. The van der Waals surface area contributed by atoms with Crippen molar-refractivity contribution in [3.63, 3.8) is 0 Å². The van der Waals surface area contributed by atoms with Crippen molar-refractivity contribution in [2.45, 2.75) is 19.9 Å². The minimum Gasteiger partial charge on any atom is -0.508 e. The van der Waals surface area contributed by atoms with Gasteiger partial charge in [-0.15, -0.1) is 11.3 Å². The summed E-state index contributed by atoms with van der Waals surface area (Å²) in [6, 6.07) is 11.9. The highest BCUT2D eigenvalue weighted by Gasteiger charge is 2.48. The highest BCUT2D eigenvalue weighted by molar-refractivity contribution is 7.16. The second-order valence-corrected chi connectivity index (χ2v) is 8.31. The van der Waals surface area contributed by atoms with E-state index in [-0.39, 0.29) is 17.1 Å². The number of ketones is 1. The van der Waals surface area contributed by atoms with Gasteiger partial charge in [0.25, 0.3) is 5.78 Å². The molecule has 1 atom stereocenters. The van der Waals surface area contributed by atoms with E-state index in [1.54, 1.807) is 36.4 Å². The number of aryl methyl sites for hydroxylation is 2. The molecule has 158 valence electrons. The summed E-state index contributed by atoms with van der Waals surface area (Å²) >= 11 is 1.31. The van der Waals surface area contributed by atoms with E-state index in [9.17, 15) is 19.8 Å². The molecule has 2 N–H and O–H groups in total. The zero-order valence-corrected chi connectivity index (χ0v) is 17.9. The van der Waals surface area contributed by atoms with Crippen LogP contribution in [0.25, 0.3) is 5.76 Å². The molecule has 31 heavy (non-hydrogen) atoms. The van der Waals surface area contributed by atoms with E-state index in [4.69, 9.17) is 4.74 Å². The summed E-state index contributed by atoms with van der Waals surface area (Å²) in [7, 11) is 1.53. The van der Waals surface area contributed by atoms with Crippen LogP contribution in [0.1, 0.15) is 27.7 Å². The number of aromatic hydroxyl groups is 1. The first-order chi connectivity index (χ1) is 14.8. The van der Waals surface area contributed by atoms with Crippen molar-refractivity contribution < 1.29 is 24.5 Å². The molecule has 0 aliphatic carbocycles. The first-order valence-electron chi connectivity index (χ1n) is 9.50. The summed E-state index contributed by atoms with van der Waals surface area (Å²) in [6.07, 6.45) is 0. The molecular weight excluding hydrogens is 416 g/mol. The smallest absolute Gasteiger partial charge is 0.301 e. The van der Waals surface area contributed by atoms with Gasteiger partial charge in [0.05, 0.1) is 24.4 Å². The molecule has 0 unspecified atom stereocenters. The first kappa shape index (κ1) is 20.6. The lowest BCUT2D eigenvalue weighted by molar-refractivity contribution is -0.132. The predicted molar refractivity (Wildman–Crippen MR) is 117 cm³/mol. The number of aliphatic hydroxyl groups excluding tert-OH is 1. The molecule has 0 saturated carbocycles. The fraction of sp³-hybridized carbons (Fsp3) is 0.174. The SMILES string of the molecule is COc1ccc(/C(O)=C2\C(=O)C(=O)N(c3nc(C)c(C)s3)[C@H]2c2ccc(O)cc2)cc1. The average molecular weight is 436 g/mol. The van der Waals surface area contributed by atoms with E-state index in [0.29, 0.717) is 22.0 Å².